The van der Waals surface area contributed by atoms with E-state index in [-0.39, 0.29) is 12.1 Å². The van der Waals surface area contributed by atoms with E-state index in [0.29, 0.717) is 0 Å². The van der Waals surface area contributed by atoms with E-state index < -0.39 is 29.6 Å². The third-order valence-corrected chi connectivity index (χ3v) is 2.53. The Labute approximate surface area is 100 Å². The van der Waals surface area contributed by atoms with Crippen molar-refractivity contribution in [3.8, 4) is 0 Å². The molecule has 96 valence electrons. The molecule has 1 saturated heterocycles. The molecule has 1 fully saturated rings. The zero-order valence-electron chi connectivity index (χ0n) is 9.04. The van der Waals surface area contributed by atoms with Crippen molar-refractivity contribution in [3.63, 3.8) is 0 Å². The molecule has 1 unspecified atom stereocenters. The first-order chi connectivity index (χ1) is 8.38. The SMILES string of the molecule is O=C1CC(Nc2ccccc2C(F)(F)F)C(=O)N1. The Morgan fingerprint density at radius 1 is 1.22 bits per heavy atom. The van der Waals surface area contributed by atoms with Crippen LogP contribution in [0.4, 0.5) is 18.9 Å². The zero-order valence-corrected chi connectivity index (χ0v) is 9.04. The maximum absolute atomic E-state index is 12.7. The van der Waals surface area contributed by atoms with Crippen LogP contribution < -0.4 is 10.6 Å². The van der Waals surface area contributed by atoms with E-state index in [9.17, 15) is 22.8 Å². The fourth-order valence-corrected chi connectivity index (χ4v) is 1.71. The minimum atomic E-state index is -4.51. The lowest BCUT2D eigenvalue weighted by Gasteiger charge is -2.16. The lowest BCUT2D eigenvalue weighted by Crippen LogP contribution is -2.30. The quantitative estimate of drug-likeness (QED) is 0.791. The summed E-state index contributed by atoms with van der Waals surface area (Å²) >= 11 is 0. The molecule has 1 aliphatic heterocycles. The minimum absolute atomic E-state index is 0.162. The molecule has 1 atom stereocenters. The van der Waals surface area contributed by atoms with Crippen molar-refractivity contribution >= 4 is 17.5 Å². The molecular formula is C11H9F3N2O2. The van der Waals surface area contributed by atoms with Gasteiger partial charge in [0.2, 0.25) is 11.8 Å². The van der Waals surface area contributed by atoms with Gasteiger partial charge in [0.1, 0.15) is 6.04 Å². The number of imide groups is 1. The van der Waals surface area contributed by atoms with Crippen molar-refractivity contribution in [3.05, 3.63) is 29.8 Å². The van der Waals surface area contributed by atoms with Crippen molar-refractivity contribution < 1.29 is 22.8 Å². The highest BCUT2D eigenvalue weighted by Gasteiger charge is 2.36. The lowest BCUT2D eigenvalue weighted by atomic mass is 10.1. The van der Waals surface area contributed by atoms with Crippen LogP contribution in [0.3, 0.4) is 0 Å². The van der Waals surface area contributed by atoms with E-state index >= 15 is 0 Å². The van der Waals surface area contributed by atoms with Gasteiger partial charge < -0.3 is 5.32 Å². The Morgan fingerprint density at radius 3 is 2.44 bits per heavy atom. The third-order valence-electron chi connectivity index (χ3n) is 2.53. The van der Waals surface area contributed by atoms with Gasteiger partial charge in [-0.15, -0.1) is 0 Å². The highest BCUT2D eigenvalue weighted by atomic mass is 19.4. The topological polar surface area (TPSA) is 58.2 Å². The van der Waals surface area contributed by atoms with Crippen LogP contribution in [-0.2, 0) is 15.8 Å². The molecule has 0 aliphatic carbocycles. The first-order valence-electron chi connectivity index (χ1n) is 5.14. The standard InChI is InChI=1S/C11H9F3N2O2/c12-11(13,14)6-3-1-2-4-7(6)15-8-5-9(17)16-10(8)18/h1-4,8,15H,5H2,(H,16,17,18). The monoisotopic (exact) mass is 258 g/mol. The summed E-state index contributed by atoms with van der Waals surface area (Å²) in [5.41, 5.74) is -1.07. The van der Waals surface area contributed by atoms with Crippen LogP contribution in [0.2, 0.25) is 0 Å². The van der Waals surface area contributed by atoms with Crippen LogP contribution in [0.1, 0.15) is 12.0 Å². The normalized spacial score (nSPS) is 19.8. The summed E-state index contributed by atoms with van der Waals surface area (Å²) in [5.74, 6) is -1.11. The van der Waals surface area contributed by atoms with Gasteiger partial charge >= 0.3 is 6.18 Å². The molecule has 1 aromatic rings. The van der Waals surface area contributed by atoms with Crippen LogP contribution >= 0.6 is 0 Å². The Kier molecular flexibility index (Phi) is 2.98. The molecule has 1 aliphatic rings. The number of amides is 2. The summed E-state index contributed by atoms with van der Waals surface area (Å²) in [4.78, 5) is 22.2. The molecule has 7 heteroatoms. The van der Waals surface area contributed by atoms with Crippen molar-refractivity contribution in [1.29, 1.82) is 0 Å². The lowest BCUT2D eigenvalue weighted by molar-refractivity contribution is -0.137. The fraction of sp³-hybridized carbons (Fsp3) is 0.273. The largest absolute Gasteiger partial charge is 0.418 e. The van der Waals surface area contributed by atoms with Crippen LogP contribution in [0.15, 0.2) is 24.3 Å². The van der Waals surface area contributed by atoms with E-state index in [2.05, 4.69) is 5.32 Å². The maximum atomic E-state index is 12.7. The van der Waals surface area contributed by atoms with E-state index in [1.807, 2.05) is 5.32 Å². The van der Waals surface area contributed by atoms with Crippen LogP contribution in [-0.4, -0.2) is 17.9 Å². The van der Waals surface area contributed by atoms with Crippen molar-refractivity contribution in [2.75, 3.05) is 5.32 Å². The highest BCUT2D eigenvalue weighted by molar-refractivity contribution is 6.06. The van der Waals surface area contributed by atoms with Crippen molar-refractivity contribution in [2.45, 2.75) is 18.6 Å². The van der Waals surface area contributed by atoms with Gasteiger partial charge in [-0.25, -0.2) is 0 Å². The van der Waals surface area contributed by atoms with Crippen molar-refractivity contribution in [2.24, 2.45) is 0 Å². The molecule has 18 heavy (non-hydrogen) atoms. The number of anilines is 1. The number of nitrogens with one attached hydrogen (secondary N) is 2. The molecule has 2 rings (SSSR count). The second-order valence-electron chi connectivity index (χ2n) is 3.86. The Bertz CT molecular complexity index is 499. The first kappa shape index (κ1) is 12.4. The summed E-state index contributed by atoms with van der Waals surface area (Å²) in [5, 5.41) is 4.47. The predicted octanol–water partition coefficient (Wildman–Crippen LogP) is 1.53. The number of carbonyl (C=O) groups is 2. The third kappa shape index (κ3) is 2.44. The van der Waals surface area contributed by atoms with Crippen LogP contribution in [0, 0.1) is 0 Å². The summed E-state index contributed by atoms with van der Waals surface area (Å²) in [6, 6.07) is 3.86. The second-order valence-corrected chi connectivity index (χ2v) is 3.86. The molecule has 1 heterocycles. The van der Waals surface area contributed by atoms with Gasteiger partial charge in [-0.05, 0) is 12.1 Å². The number of halogens is 3. The molecule has 2 amide bonds. The molecule has 1 aromatic carbocycles. The molecule has 0 bridgehead atoms. The molecule has 0 aromatic heterocycles. The second kappa shape index (κ2) is 4.32. The summed E-state index contributed by atoms with van der Waals surface area (Å²) in [6.45, 7) is 0. The summed E-state index contributed by atoms with van der Waals surface area (Å²) < 4.78 is 38.1. The molecule has 0 saturated carbocycles. The number of carbonyl (C=O) groups excluding carboxylic acids is 2. The number of hydrogen-bond donors (Lipinski definition) is 2. The maximum Gasteiger partial charge on any atom is 0.418 e. The summed E-state index contributed by atoms with van der Waals surface area (Å²) in [7, 11) is 0. The van der Waals surface area contributed by atoms with E-state index in [4.69, 9.17) is 0 Å². The summed E-state index contributed by atoms with van der Waals surface area (Å²) in [6.07, 6.45) is -4.67. The number of hydrogen-bond acceptors (Lipinski definition) is 3. The number of rotatable bonds is 2. The van der Waals surface area contributed by atoms with E-state index in [0.717, 1.165) is 6.07 Å². The van der Waals surface area contributed by atoms with E-state index in [1.165, 1.54) is 18.2 Å². The molecular weight excluding hydrogens is 249 g/mol. The first-order valence-corrected chi connectivity index (χ1v) is 5.14. The Balaban J connectivity index is 2.25. The molecule has 0 radical (unpaired) electrons. The molecule has 2 N–H and O–H groups in total. The minimum Gasteiger partial charge on any atom is -0.373 e. The molecule has 4 nitrogen and oxygen atoms in total. The van der Waals surface area contributed by atoms with Crippen molar-refractivity contribution in [1.82, 2.24) is 5.32 Å². The van der Waals surface area contributed by atoms with Crippen LogP contribution in [0.25, 0.3) is 0 Å². The molecule has 0 spiro atoms. The predicted molar refractivity (Wildman–Crippen MR) is 56.6 cm³/mol. The van der Waals surface area contributed by atoms with Gasteiger partial charge in [-0.2, -0.15) is 13.2 Å². The fourth-order valence-electron chi connectivity index (χ4n) is 1.71. The van der Waals surface area contributed by atoms with Crippen LogP contribution in [0.5, 0.6) is 0 Å². The van der Waals surface area contributed by atoms with E-state index in [1.54, 1.807) is 0 Å². The average molecular weight is 258 g/mol. The van der Waals surface area contributed by atoms with Gasteiger partial charge in [-0.3, -0.25) is 14.9 Å². The highest BCUT2D eigenvalue weighted by Crippen LogP contribution is 2.35. The number of benzene rings is 1. The average Bonchev–Trinajstić information content (AvgIpc) is 2.57. The van der Waals surface area contributed by atoms with Gasteiger partial charge in [0.25, 0.3) is 0 Å². The zero-order chi connectivity index (χ0) is 13.3. The van der Waals surface area contributed by atoms with Gasteiger partial charge in [0, 0.05) is 5.69 Å². The van der Waals surface area contributed by atoms with Gasteiger partial charge in [-0.1, -0.05) is 12.1 Å². The van der Waals surface area contributed by atoms with Gasteiger partial charge in [0.15, 0.2) is 0 Å². The Hall–Kier alpha value is -2.05. The van der Waals surface area contributed by atoms with Gasteiger partial charge in [0.05, 0.1) is 12.0 Å². The smallest absolute Gasteiger partial charge is 0.373 e. The Morgan fingerprint density at radius 2 is 1.89 bits per heavy atom. The number of para-hydroxylation sites is 1. The number of alkyl halides is 3.